The Morgan fingerprint density at radius 1 is 1.32 bits per heavy atom. The van der Waals surface area contributed by atoms with E-state index in [1.54, 1.807) is 0 Å². The van der Waals surface area contributed by atoms with Gasteiger partial charge >= 0.3 is 0 Å². The number of likely N-dealkylation sites (tertiary alicyclic amines) is 1. The molecule has 4 nitrogen and oxygen atoms in total. The highest BCUT2D eigenvalue weighted by Gasteiger charge is 2.24. The van der Waals surface area contributed by atoms with E-state index >= 15 is 0 Å². The minimum absolute atomic E-state index is 0.667. The van der Waals surface area contributed by atoms with Crippen LogP contribution in [-0.4, -0.2) is 40.4 Å². The average Bonchev–Trinajstić information content (AvgIpc) is 3.05. The molecule has 0 amide bonds. The zero-order valence-electron chi connectivity index (χ0n) is 12.6. The number of hydrogen-bond donors (Lipinski definition) is 1. The first-order valence-electron chi connectivity index (χ1n) is 7.67. The van der Waals surface area contributed by atoms with Gasteiger partial charge in [-0.1, -0.05) is 13.8 Å². The van der Waals surface area contributed by atoms with Gasteiger partial charge in [0, 0.05) is 31.9 Å². The molecule has 1 aromatic rings. The zero-order valence-corrected chi connectivity index (χ0v) is 12.6. The van der Waals surface area contributed by atoms with Gasteiger partial charge in [0.1, 0.15) is 0 Å². The Balaban J connectivity index is 1.82. The maximum atomic E-state index is 4.31. The minimum Gasteiger partial charge on any atom is -0.310 e. The van der Waals surface area contributed by atoms with Crippen LogP contribution < -0.4 is 5.32 Å². The lowest BCUT2D eigenvalue weighted by molar-refractivity contribution is 0.186. The smallest absolute Gasteiger partial charge is 0.0521 e. The molecule has 19 heavy (non-hydrogen) atoms. The zero-order chi connectivity index (χ0) is 13.7. The second kappa shape index (κ2) is 7.06. The van der Waals surface area contributed by atoms with Crippen LogP contribution in [-0.2, 0) is 13.1 Å². The lowest BCUT2D eigenvalue weighted by atomic mass is 10.0. The van der Waals surface area contributed by atoms with Crippen molar-refractivity contribution in [2.75, 3.05) is 19.6 Å². The second-order valence-corrected chi connectivity index (χ2v) is 5.82. The molecule has 1 atom stereocenters. The third kappa shape index (κ3) is 3.80. The number of rotatable bonds is 7. The summed E-state index contributed by atoms with van der Waals surface area (Å²) in [4.78, 5) is 2.65. The Morgan fingerprint density at radius 2 is 2.05 bits per heavy atom. The first-order valence-corrected chi connectivity index (χ1v) is 7.67. The first-order chi connectivity index (χ1) is 9.22. The largest absolute Gasteiger partial charge is 0.310 e. The third-order valence-electron chi connectivity index (χ3n) is 4.14. The lowest BCUT2D eigenvalue weighted by Gasteiger charge is -2.31. The molecule has 1 fully saturated rings. The number of aromatic nitrogens is 2. The molecule has 0 bridgehead atoms. The Morgan fingerprint density at radius 3 is 2.68 bits per heavy atom. The fourth-order valence-electron chi connectivity index (χ4n) is 3.00. The molecule has 2 heterocycles. The van der Waals surface area contributed by atoms with E-state index in [2.05, 4.69) is 46.8 Å². The Hall–Kier alpha value is -0.870. The molecular formula is C15H28N4. The van der Waals surface area contributed by atoms with Gasteiger partial charge in [0.15, 0.2) is 0 Å². The van der Waals surface area contributed by atoms with E-state index in [4.69, 9.17) is 0 Å². The van der Waals surface area contributed by atoms with Gasteiger partial charge in [0.05, 0.1) is 5.69 Å². The van der Waals surface area contributed by atoms with Crippen LogP contribution in [0.15, 0.2) is 12.3 Å². The summed E-state index contributed by atoms with van der Waals surface area (Å²) in [5.74, 6) is 0.710. The van der Waals surface area contributed by atoms with Gasteiger partial charge in [-0.3, -0.25) is 9.58 Å². The fourth-order valence-corrected chi connectivity index (χ4v) is 3.00. The van der Waals surface area contributed by atoms with Crippen LogP contribution in [0.5, 0.6) is 0 Å². The Kier molecular flexibility index (Phi) is 5.40. The molecule has 2 rings (SSSR count). The summed E-state index contributed by atoms with van der Waals surface area (Å²) in [6, 6.07) is 2.78. The maximum Gasteiger partial charge on any atom is 0.0521 e. The number of aryl methyl sites for hydroxylation is 1. The van der Waals surface area contributed by atoms with Crippen LogP contribution in [0, 0.1) is 5.92 Å². The standard InChI is InChI=1S/C15H28N4/c1-4-19-14(7-8-17-19)11-16-12-15(13(2)3)18-9-5-6-10-18/h7-8,13,15-16H,4-6,9-12H2,1-3H3. The molecule has 4 heteroatoms. The monoisotopic (exact) mass is 264 g/mol. The van der Waals surface area contributed by atoms with Gasteiger partial charge in [-0.15, -0.1) is 0 Å². The normalized spacial score (nSPS) is 18.3. The first kappa shape index (κ1) is 14.5. The molecule has 0 saturated carbocycles. The molecule has 1 N–H and O–H groups in total. The van der Waals surface area contributed by atoms with Gasteiger partial charge in [0.25, 0.3) is 0 Å². The van der Waals surface area contributed by atoms with Crippen molar-refractivity contribution in [2.45, 2.75) is 52.7 Å². The van der Waals surface area contributed by atoms with E-state index < -0.39 is 0 Å². The maximum absolute atomic E-state index is 4.31. The molecule has 0 radical (unpaired) electrons. The predicted molar refractivity (Wildman–Crippen MR) is 79.0 cm³/mol. The van der Waals surface area contributed by atoms with E-state index in [-0.39, 0.29) is 0 Å². The van der Waals surface area contributed by atoms with Crippen LogP contribution in [0.1, 0.15) is 39.3 Å². The van der Waals surface area contributed by atoms with E-state index in [1.807, 2.05) is 6.20 Å². The summed E-state index contributed by atoms with van der Waals surface area (Å²) in [6.45, 7) is 12.3. The fraction of sp³-hybridized carbons (Fsp3) is 0.800. The summed E-state index contributed by atoms with van der Waals surface area (Å²) < 4.78 is 2.06. The van der Waals surface area contributed by atoms with E-state index in [0.29, 0.717) is 12.0 Å². The lowest BCUT2D eigenvalue weighted by Crippen LogP contribution is -2.44. The van der Waals surface area contributed by atoms with Crippen LogP contribution in [0.3, 0.4) is 0 Å². The quantitative estimate of drug-likeness (QED) is 0.819. The van der Waals surface area contributed by atoms with Crippen LogP contribution >= 0.6 is 0 Å². The van der Waals surface area contributed by atoms with Crippen molar-refractivity contribution < 1.29 is 0 Å². The molecule has 1 aromatic heterocycles. The molecule has 1 saturated heterocycles. The average molecular weight is 264 g/mol. The molecular weight excluding hydrogens is 236 g/mol. The van der Waals surface area contributed by atoms with Gasteiger partial charge < -0.3 is 5.32 Å². The van der Waals surface area contributed by atoms with Crippen LogP contribution in [0.25, 0.3) is 0 Å². The van der Waals surface area contributed by atoms with Gasteiger partial charge in [-0.05, 0) is 44.8 Å². The number of nitrogens with zero attached hydrogens (tertiary/aromatic N) is 3. The van der Waals surface area contributed by atoms with Crippen molar-refractivity contribution in [1.82, 2.24) is 20.0 Å². The topological polar surface area (TPSA) is 33.1 Å². The molecule has 1 aliphatic heterocycles. The third-order valence-corrected chi connectivity index (χ3v) is 4.14. The Labute approximate surface area is 117 Å². The van der Waals surface area contributed by atoms with Gasteiger partial charge in [0.2, 0.25) is 0 Å². The molecule has 0 aromatic carbocycles. The van der Waals surface area contributed by atoms with Crippen molar-refractivity contribution in [3.05, 3.63) is 18.0 Å². The molecule has 1 aliphatic rings. The summed E-state index contributed by atoms with van der Waals surface area (Å²) >= 11 is 0. The molecule has 0 spiro atoms. The van der Waals surface area contributed by atoms with Crippen molar-refractivity contribution in [3.8, 4) is 0 Å². The second-order valence-electron chi connectivity index (χ2n) is 5.82. The number of hydrogen-bond acceptors (Lipinski definition) is 3. The Bertz CT molecular complexity index is 366. The molecule has 0 aliphatic carbocycles. The van der Waals surface area contributed by atoms with Crippen molar-refractivity contribution in [2.24, 2.45) is 5.92 Å². The van der Waals surface area contributed by atoms with Gasteiger partial charge in [-0.25, -0.2) is 0 Å². The van der Waals surface area contributed by atoms with Crippen molar-refractivity contribution in [1.29, 1.82) is 0 Å². The van der Waals surface area contributed by atoms with Crippen molar-refractivity contribution in [3.63, 3.8) is 0 Å². The summed E-state index contributed by atoms with van der Waals surface area (Å²) in [5.41, 5.74) is 1.28. The highest BCUT2D eigenvalue weighted by atomic mass is 15.3. The molecule has 108 valence electrons. The van der Waals surface area contributed by atoms with Crippen molar-refractivity contribution >= 4 is 0 Å². The van der Waals surface area contributed by atoms with E-state index in [1.165, 1.54) is 31.6 Å². The minimum atomic E-state index is 0.667. The summed E-state index contributed by atoms with van der Waals surface area (Å²) in [6.07, 6.45) is 4.62. The summed E-state index contributed by atoms with van der Waals surface area (Å²) in [5, 5.41) is 7.93. The molecule has 1 unspecified atom stereocenters. The van der Waals surface area contributed by atoms with Gasteiger partial charge in [-0.2, -0.15) is 5.10 Å². The van der Waals surface area contributed by atoms with E-state index in [9.17, 15) is 0 Å². The number of nitrogens with one attached hydrogen (secondary N) is 1. The summed E-state index contributed by atoms with van der Waals surface area (Å²) in [7, 11) is 0. The highest BCUT2D eigenvalue weighted by Crippen LogP contribution is 2.17. The van der Waals surface area contributed by atoms with Crippen LogP contribution in [0.4, 0.5) is 0 Å². The predicted octanol–water partition coefficient (Wildman–Crippen LogP) is 2.11. The van der Waals surface area contributed by atoms with E-state index in [0.717, 1.165) is 19.6 Å². The highest BCUT2D eigenvalue weighted by molar-refractivity contribution is 5.00. The SMILES string of the molecule is CCn1nccc1CNCC(C(C)C)N1CCCC1. The van der Waals surface area contributed by atoms with Crippen LogP contribution in [0.2, 0.25) is 0 Å².